The molecule has 0 amide bonds. The van der Waals surface area contributed by atoms with E-state index in [1.165, 1.54) is 45.1 Å². The van der Waals surface area contributed by atoms with E-state index in [4.69, 9.17) is 9.47 Å². The second-order valence-corrected chi connectivity index (χ2v) is 8.67. The van der Waals surface area contributed by atoms with Crippen LogP contribution in [-0.4, -0.2) is 39.9 Å². The second kappa shape index (κ2) is 7.19. The molecule has 8 heteroatoms. The predicted molar refractivity (Wildman–Crippen MR) is 109 cm³/mol. The van der Waals surface area contributed by atoms with E-state index in [9.17, 15) is 8.78 Å². The lowest BCUT2D eigenvalue weighted by Gasteiger charge is -2.35. The molecule has 1 aliphatic heterocycles. The highest BCUT2D eigenvalue weighted by Gasteiger charge is 2.34. The van der Waals surface area contributed by atoms with E-state index in [0.29, 0.717) is 17.5 Å². The van der Waals surface area contributed by atoms with Crippen molar-refractivity contribution < 1.29 is 18.3 Å². The highest BCUT2D eigenvalue weighted by atomic mass is 19.1. The van der Waals surface area contributed by atoms with Crippen LogP contribution in [0.1, 0.15) is 49.9 Å². The van der Waals surface area contributed by atoms with Gasteiger partial charge in [0, 0.05) is 17.3 Å². The van der Waals surface area contributed by atoms with Crippen molar-refractivity contribution in [2.45, 2.75) is 50.4 Å². The zero-order valence-electron chi connectivity index (χ0n) is 16.9. The Balaban J connectivity index is 1.49. The average Bonchev–Trinajstić information content (AvgIpc) is 3.45. The van der Waals surface area contributed by atoms with Crippen LogP contribution in [0.2, 0.25) is 0 Å². The molecule has 1 saturated carbocycles. The van der Waals surface area contributed by atoms with E-state index in [1.54, 1.807) is 6.07 Å². The summed E-state index contributed by atoms with van der Waals surface area (Å²) in [4.78, 5) is 12.2. The Labute approximate surface area is 173 Å². The highest BCUT2D eigenvalue weighted by Crippen LogP contribution is 2.42. The Morgan fingerprint density at radius 1 is 1.27 bits per heavy atom. The first-order chi connectivity index (χ1) is 14.4. The zero-order chi connectivity index (χ0) is 20.9. The van der Waals surface area contributed by atoms with Gasteiger partial charge in [0.05, 0.1) is 18.0 Å². The van der Waals surface area contributed by atoms with Crippen LogP contribution < -0.4 is 10.1 Å². The number of hydrogen-bond donors (Lipinski definition) is 2. The number of nitrogens with one attached hydrogen (secondary N) is 2. The van der Waals surface area contributed by atoms with Gasteiger partial charge in [0.25, 0.3) is 0 Å². The molecule has 0 unspecified atom stereocenters. The van der Waals surface area contributed by atoms with Crippen molar-refractivity contribution in [3.8, 4) is 5.75 Å². The molecule has 2 N–H and O–H groups in total. The summed E-state index contributed by atoms with van der Waals surface area (Å²) in [6, 6.07) is 6.12. The summed E-state index contributed by atoms with van der Waals surface area (Å²) in [6.07, 6.45) is 3.39. The standard InChI is InChI=1S/C22H24F2N4O2/c1-22(2,24)10-30-18-9-29-17-7-13(23)5-6-14(17)19(18)28-21-15-8-16(12-3-4-12)27-20(15)25-11-26-21/h5-8,11-12,18-19H,3-4,9-10H2,1-2H3,(H2,25,26,27,28)/t18-,19-/m0/s1. The van der Waals surface area contributed by atoms with Gasteiger partial charge in [0.2, 0.25) is 0 Å². The first-order valence-corrected chi connectivity index (χ1v) is 10.2. The van der Waals surface area contributed by atoms with Gasteiger partial charge < -0.3 is 19.8 Å². The van der Waals surface area contributed by atoms with Crippen LogP contribution in [0.25, 0.3) is 11.0 Å². The molecule has 30 heavy (non-hydrogen) atoms. The molecule has 0 bridgehead atoms. The molecule has 1 aliphatic carbocycles. The molecule has 0 spiro atoms. The van der Waals surface area contributed by atoms with Gasteiger partial charge in [0.1, 0.15) is 47.7 Å². The fourth-order valence-electron chi connectivity index (χ4n) is 3.82. The first-order valence-electron chi connectivity index (χ1n) is 10.2. The minimum Gasteiger partial charge on any atom is -0.490 e. The average molecular weight is 414 g/mol. The maximum absolute atomic E-state index is 14.1. The van der Waals surface area contributed by atoms with Crippen molar-refractivity contribution >= 4 is 16.9 Å². The summed E-state index contributed by atoms with van der Waals surface area (Å²) >= 11 is 0. The Morgan fingerprint density at radius 3 is 2.87 bits per heavy atom. The highest BCUT2D eigenvalue weighted by molar-refractivity contribution is 5.88. The number of aromatic amines is 1. The lowest BCUT2D eigenvalue weighted by atomic mass is 9.97. The third-order valence-corrected chi connectivity index (χ3v) is 5.48. The van der Waals surface area contributed by atoms with Crippen LogP contribution in [-0.2, 0) is 4.74 Å². The number of alkyl halides is 1. The van der Waals surface area contributed by atoms with Crippen LogP contribution in [0.3, 0.4) is 0 Å². The number of hydrogen-bond acceptors (Lipinski definition) is 5. The van der Waals surface area contributed by atoms with Crippen LogP contribution in [0, 0.1) is 5.82 Å². The summed E-state index contributed by atoms with van der Waals surface area (Å²) in [5.41, 5.74) is 1.20. The fourth-order valence-corrected chi connectivity index (χ4v) is 3.82. The quantitative estimate of drug-likeness (QED) is 0.614. The summed E-state index contributed by atoms with van der Waals surface area (Å²) in [5, 5.41) is 4.33. The normalized spacial score (nSPS) is 21.3. The first kappa shape index (κ1) is 19.2. The Morgan fingerprint density at radius 2 is 2.10 bits per heavy atom. The molecule has 158 valence electrons. The Kier molecular flexibility index (Phi) is 4.61. The lowest BCUT2D eigenvalue weighted by molar-refractivity contribution is -0.0458. The molecule has 0 saturated heterocycles. The van der Waals surface area contributed by atoms with E-state index in [1.807, 2.05) is 0 Å². The van der Waals surface area contributed by atoms with Crippen molar-refractivity contribution in [1.82, 2.24) is 15.0 Å². The van der Waals surface area contributed by atoms with Crippen molar-refractivity contribution in [3.63, 3.8) is 0 Å². The molecule has 2 atom stereocenters. The third kappa shape index (κ3) is 3.84. The smallest absolute Gasteiger partial charge is 0.143 e. The molecule has 5 rings (SSSR count). The molecular weight excluding hydrogens is 390 g/mol. The molecule has 0 radical (unpaired) electrons. The Bertz CT molecular complexity index is 1070. The van der Waals surface area contributed by atoms with E-state index < -0.39 is 11.8 Å². The van der Waals surface area contributed by atoms with Gasteiger partial charge in [-0.1, -0.05) is 6.07 Å². The molecule has 1 aromatic carbocycles. The number of fused-ring (bicyclic) bond motifs is 2. The number of nitrogens with zero attached hydrogens (tertiary/aromatic N) is 2. The maximum Gasteiger partial charge on any atom is 0.143 e. The number of anilines is 1. The van der Waals surface area contributed by atoms with Crippen molar-refractivity contribution in [2.75, 3.05) is 18.5 Å². The van der Waals surface area contributed by atoms with Gasteiger partial charge in [-0.25, -0.2) is 18.7 Å². The van der Waals surface area contributed by atoms with E-state index >= 15 is 0 Å². The van der Waals surface area contributed by atoms with Crippen molar-refractivity contribution in [1.29, 1.82) is 0 Å². The third-order valence-electron chi connectivity index (χ3n) is 5.48. The monoisotopic (exact) mass is 414 g/mol. The second-order valence-electron chi connectivity index (χ2n) is 8.67. The largest absolute Gasteiger partial charge is 0.490 e. The molecule has 2 aliphatic rings. The molecule has 6 nitrogen and oxygen atoms in total. The molecular formula is C22H24F2N4O2. The lowest BCUT2D eigenvalue weighted by Crippen LogP contribution is -2.40. The number of ether oxygens (including phenoxy) is 2. The number of benzene rings is 1. The zero-order valence-corrected chi connectivity index (χ0v) is 16.9. The van der Waals surface area contributed by atoms with E-state index in [2.05, 4.69) is 26.3 Å². The topological polar surface area (TPSA) is 72.1 Å². The predicted octanol–water partition coefficient (Wildman–Crippen LogP) is 4.65. The van der Waals surface area contributed by atoms with Crippen LogP contribution in [0.5, 0.6) is 5.75 Å². The number of rotatable bonds is 6. The molecule has 1 fully saturated rings. The van der Waals surface area contributed by atoms with Gasteiger partial charge >= 0.3 is 0 Å². The van der Waals surface area contributed by atoms with Gasteiger partial charge in [0.15, 0.2) is 0 Å². The van der Waals surface area contributed by atoms with Gasteiger partial charge in [-0.2, -0.15) is 0 Å². The molecule has 3 heterocycles. The van der Waals surface area contributed by atoms with Gasteiger partial charge in [-0.3, -0.25) is 0 Å². The summed E-state index contributed by atoms with van der Waals surface area (Å²) in [5.74, 6) is 1.28. The van der Waals surface area contributed by atoms with Gasteiger partial charge in [-0.15, -0.1) is 0 Å². The van der Waals surface area contributed by atoms with Crippen molar-refractivity contribution in [2.24, 2.45) is 0 Å². The van der Waals surface area contributed by atoms with Gasteiger partial charge in [-0.05, 0) is 44.7 Å². The number of H-pyrrole nitrogens is 1. The maximum atomic E-state index is 14.1. The van der Waals surface area contributed by atoms with E-state index in [0.717, 1.165) is 22.3 Å². The minimum atomic E-state index is -1.48. The fraction of sp³-hybridized carbons (Fsp3) is 0.455. The number of halogens is 2. The SMILES string of the molecule is CC(C)(F)CO[C@H]1COc2cc(F)ccc2[C@@H]1Nc1ncnc2[nH]c(C3CC3)cc12. The van der Waals surface area contributed by atoms with Crippen molar-refractivity contribution in [3.05, 3.63) is 47.7 Å². The molecule has 2 aromatic heterocycles. The number of aromatic nitrogens is 3. The van der Waals surface area contributed by atoms with Crippen LogP contribution in [0.15, 0.2) is 30.6 Å². The van der Waals surface area contributed by atoms with Crippen LogP contribution >= 0.6 is 0 Å². The van der Waals surface area contributed by atoms with E-state index in [-0.39, 0.29) is 25.1 Å². The summed E-state index contributed by atoms with van der Waals surface area (Å²) in [6.45, 7) is 3.04. The molecule has 3 aromatic rings. The summed E-state index contributed by atoms with van der Waals surface area (Å²) in [7, 11) is 0. The minimum absolute atomic E-state index is 0.0785. The Hall–Kier alpha value is -2.74. The van der Waals surface area contributed by atoms with Crippen LogP contribution in [0.4, 0.5) is 14.6 Å². The summed E-state index contributed by atoms with van der Waals surface area (Å²) < 4.78 is 39.4.